The van der Waals surface area contributed by atoms with Gasteiger partial charge in [0.2, 0.25) is 6.29 Å². The molecular formula is C12H18Cl2O2. The van der Waals surface area contributed by atoms with E-state index in [0.29, 0.717) is 19.1 Å². The molecular weight excluding hydrogens is 247 g/mol. The Bertz CT molecular complexity index is 193. The summed E-state index contributed by atoms with van der Waals surface area (Å²) in [6.45, 7) is 0.574. The minimum absolute atomic E-state index is 0.278. The van der Waals surface area contributed by atoms with Crippen LogP contribution in [0.15, 0.2) is 0 Å². The molecule has 1 saturated carbocycles. The van der Waals surface area contributed by atoms with Gasteiger partial charge in [0.05, 0.1) is 11.5 Å². The van der Waals surface area contributed by atoms with Gasteiger partial charge in [0, 0.05) is 18.4 Å². The van der Waals surface area contributed by atoms with Gasteiger partial charge in [-0.25, -0.2) is 0 Å². The molecule has 0 N–H and O–H groups in total. The van der Waals surface area contributed by atoms with Crippen molar-refractivity contribution in [2.45, 2.75) is 43.6 Å². The second-order valence-electron chi connectivity index (χ2n) is 4.12. The van der Waals surface area contributed by atoms with Crippen molar-refractivity contribution in [1.82, 2.24) is 0 Å². The minimum atomic E-state index is -0.331. The fraction of sp³-hybridized carbons (Fsp3) is 0.833. The highest BCUT2D eigenvalue weighted by Crippen LogP contribution is 2.21. The number of carbonyl (C=O) groups excluding carboxylic acids is 1. The van der Waals surface area contributed by atoms with Crippen LogP contribution in [-0.2, 0) is 9.53 Å². The molecule has 0 amide bonds. The lowest BCUT2D eigenvalue weighted by Gasteiger charge is -2.22. The van der Waals surface area contributed by atoms with Gasteiger partial charge in [-0.1, -0.05) is 0 Å². The minimum Gasteiger partial charge on any atom is -0.378 e. The number of rotatable bonds is 7. The standard InChI is InChI=1S/C12H18Cl2O2/c13-8-12(14)10(9-15)6-7-16-11-4-2-1-3-5-11/h1,10-12H,2-8H2. The third kappa shape index (κ3) is 5.03. The molecule has 1 aliphatic rings. The molecule has 2 nitrogen and oxygen atoms in total. The van der Waals surface area contributed by atoms with Gasteiger partial charge in [-0.15, -0.1) is 23.2 Å². The molecule has 1 fully saturated rings. The van der Waals surface area contributed by atoms with Crippen molar-refractivity contribution < 1.29 is 9.53 Å². The Hall–Kier alpha value is 0.210. The van der Waals surface area contributed by atoms with Gasteiger partial charge in [-0.3, -0.25) is 4.79 Å². The molecule has 1 aliphatic carbocycles. The van der Waals surface area contributed by atoms with Crippen LogP contribution in [0.3, 0.4) is 0 Å². The smallest absolute Gasteiger partial charge is 0.203 e. The van der Waals surface area contributed by atoms with Gasteiger partial charge >= 0.3 is 0 Å². The fourth-order valence-corrected chi connectivity index (χ4v) is 2.24. The molecule has 4 heteroatoms. The van der Waals surface area contributed by atoms with Gasteiger partial charge in [0.15, 0.2) is 0 Å². The number of hydrogen-bond acceptors (Lipinski definition) is 2. The monoisotopic (exact) mass is 264 g/mol. The fourth-order valence-electron chi connectivity index (χ4n) is 1.85. The summed E-state index contributed by atoms with van der Waals surface area (Å²) in [6.07, 6.45) is 9.65. The second kappa shape index (κ2) is 8.32. The Morgan fingerprint density at radius 2 is 2.12 bits per heavy atom. The molecule has 0 saturated heterocycles. The molecule has 1 rings (SSSR count). The SMILES string of the molecule is O=[C]C(CCOC1CC[CH]CC1)C(Cl)CCl. The zero-order valence-electron chi connectivity index (χ0n) is 9.33. The highest BCUT2D eigenvalue weighted by molar-refractivity contribution is 6.28. The lowest BCUT2D eigenvalue weighted by molar-refractivity contribution is 0.0302. The first-order chi connectivity index (χ1) is 7.77. The zero-order chi connectivity index (χ0) is 11.8. The lowest BCUT2D eigenvalue weighted by Crippen LogP contribution is -2.23. The Morgan fingerprint density at radius 1 is 1.44 bits per heavy atom. The maximum atomic E-state index is 10.7. The summed E-state index contributed by atoms with van der Waals surface area (Å²) < 4.78 is 5.71. The van der Waals surface area contributed by atoms with E-state index >= 15 is 0 Å². The predicted octanol–water partition coefficient (Wildman–Crippen LogP) is 3.11. The maximum absolute atomic E-state index is 10.7. The van der Waals surface area contributed by atoms with Gasteiger partial charge < -0.3 is 4.74 Å². The van der Waals surface area contributed by atoms with E-state index in [9.17, 15) is 4.79 Å². The molecule has 16 heavy (non-hydrogen) atoms. The van der Waals surface area contributed by atoms with Crippen LogP contribution >= 0.6 is 23.2 Å². The average Bonchev–Trinajstić information content (AvgIpc) is 2.35. The van der Waals surface area contributed by atoms with Gasteiger partial charge in [0.25, 0.3) is 0 Å². The molecule has 92 valence electrons. The molecule has 2 radical (unpaired) electrons. The predicted molar refractivity (Wildman–Crippen MR) is 66.7 cm³/mol. The highest BCUT2D eigenvalue weighted by Gasteiger charge is 2.20. The summed E-state index contributed by atoms with van der Waals surface area (Å²) in [4.78, 5) is 10.7. The Kier molecular flexibility index (Phi) is 7.42. The van der Waals surface area contributed by atoms with Crippen molar-refractivity contribution in [3.05, 3.63) is 6.42 Å². The van der Waals surface area contributed by atoms with Crippen molar-refractivity contribution in [2.24, 2.45) is 5.92 Å². The number of halogens is 2. The average molecular weight is 265 g/mol. The molecule has 0 heterocycles. The van der Waals surface area contributed by atoms with Gasteiger partial charge in [-0.2, -0.15) is 0 Å². The van der Waals surface area contributed by atoms with E-state index in [2.05, 4.69) is 6.42 Å². The van der Waals surface area contributed by atoms with E-state index in [4.69, 9.17) is 27.9 Å². The number of ether oxygens (including phenoxy) is 1. The summed E-state index contributed by atoms with van der Waals surface area (Å²) >= 11 is 11.5. The van der Waals surface area contributed by atoms with Gasteiger partial charge in [-0.05, 0) is 38.5 Å². The topological polar surface area (TPSA) is 26.3 Å². The summed E-state index contributed by atoms with van der Waals surface area (Å²) in [7, 11) is 0. The number of hydrogen-bond donors (Lipinski definition) is 0. The summed E-state index contributed by atoms with van der Waals surface area (Å²) in [5, 5.41) is -0.331. The van der Waals surface area contributed by atoms with Crippen molar-refractivity contribution in [1.29, 1.82) is 0 Å². The molecule has 0 bridgehead atoms. The maximum Gasteiger partial charge on any atom is 0.203 e. The Balaban J connectivity index is 2.14. The van der Waals surface area contributed by atoms with E-state index in [1.165, 1.54) is 0 Å². The van der Waals surface area contributed by atoms with Gasteiger partial charge in [0.1, 0.15) is 0 Å². The van der Waals surface area contributed by atoms with E-state index in [1.807, 2.05) is 6.29 Å². The van der Waals surface area contributed by atoms with Crippen LogP contribution in [0.4, 0.5) is 0 Å². The molecule has 2 unspecified atom stereocenters. The number of alkyl halides is 2. The third-order valence-electron chi connectivity index (χ3n) is 2.90. The quantitative estimate of drug-likeness (QED) is 0.661. The largest absolute Gasteiger partial charge is 0.378 e. The molecule has 0 aromatic heterocycles. The van der Waals surface area contributed by atoms with E-state index < -0.39 is 0 Å². The van der Waals surface area contributed by atoms with Crippen molar-refractivity contribution in [2.75, 3.05) is 12.5 Å². The first-order valence-corrected chi connectivity index (χ1v) is 6.76. The van der Waals surface area contributed by atoms with E-state index in [1.54, 1.807) is 0 Å². The van der Waals surface area contributed by atoms with Crippen LogP contribution in [0, 0.1) is 12.3 Å². The molecule has 0 spiro atoms. The highest BCUT2D eigenvalue weighted by atomic mass is 35.5. The second-order valence-corrected chi connectivity index (χ2v) is 4.99. The Morgan fingerprint density at radius 3 is 2.69 bits per heavy atom. The van der Waals surface area contributed by atoms with Crippen molar-refractivity contribution in [3.63, 3.8) is 0 Å². The molecule has 0 aliphatic heterocycles. The van der Waals surface area contributed by atoms with Crippen LogP contribution < -0.4 is 0 Å². The summed E-state index contributed by atoms with van der Waals surface area (Å²) in [6, 6.07) is 0. The normalized spacial score (nSPS) is 21.6. The zero-order valence-corrected chi connectivity index (χ0v) is 10.8. The van der Waals surface area contributed by atoms with Crippen molar-refractivity contribution >= 4 is 29.5 Å². The van der Waals surface area contributed by atoms with E-state index in [-0.39, 0.29) is 17.2 Å². The van der Waals surface area contributed by atoms with Crippen LogP contribution in [0.5, 0.6) is 0 Å². The van der Waals surface area contributed by atoms with Crippen LogP contribution in [0.2, 0.25) is 0 Å². The van der Waals surface area contributed by atoms with Crippen LogP contribution in [0.1, 0.15) is 32.1 Å². The first kappa shape index (κ1) is 14.3. The molecule has 0 aromatic rings. The van der Waals surface area contributed by atoms with Crippen molar-refractivity contribution in [3.8, 4) is 0 Å². The van der Waals surface area contributed by atoms with Crippen LogP contribution in [-0.4, -0.2) is 30.3 Å². The first-order valence-electron chi connectivity index (χ1n) is 5.79. The third-order valence-corrected chi connectivity index (χ3v) is 3.85. The lowest BCUT2D eigenvalue weighted by atomic mass is 9.97. The molecule has 2 atom stereocenters. The van der Waals surface area contributed by atoms with E-state index in [0.717, 1.165) is 25.7 Å². The summed E-state index contributed by atoms with van der Waals surface area (Å²) in [5.41, 5.74) is 0. The van der Waals surface area contributed by atoms with Crippen LogP contribution in [0.25, 0.3) is 0 Å². The summed E-state index contributed by atoms with van der Waals surface area (Å²) in [5.74, 6) is -0.0332. The Labute approximate surface area is 108 Å². The molecule has 0 aromatic carbocycles.